The second-order valence-corrected chi connectivity index (χ2v) is 12.7. The minimum atomic E-state index is -1.21. The lowest BCUT2D eigenvalue weighted by Gasteiger charge is -2.40. The molecule has 12 heteroatoms. The third-order valence-electron chi connectivity index (χ3n) is 8.30. The normalized spacial score (nSPS) is 19.6. The van der Waals surface area contributed by atoms with Gasteiger partial charge in [-0.05, 0) is 39.2 Å². The summed E-state index contributed by atoms with van der Waals surface area (Å²) in [6.07, 6.45) is 3.57. The topological polar surface area (TPSA) is 107 Å². The number of nitriles is 1. The maximum atomic E-state index is 16.6. The quantitative estimate of drug-likeness (QED) is 0.194. The zero-order valence-electron chi connectivity index (χ0n) is 25.1. The summed E-state index contributed by atoms with van der Waals surface area (Å²) < 4.78 is 56.2. The SMILES string of the molecule is CC(C)(C)OC(=O)N1CCC[C@H]1[C@@]1(c2ccccc2)Cc2c(cc(F)c(Cl)c2-c2c(C#N)cc3c(c2F)Oc2nccnc2O3)O1. The van der Waals surface area contributed by atoms with Gasteiger partial charge in [-0.3, -0.25) is 0 Å². The Morgan fingerprint density at radius 3 is 2.50 bits per heavy atom. The molecule has 4 heterocycles. The fourth-order valence-electron chi connectivity index (χ4n) is 6.48. The molecule has 1 saturated heterocycles. The van der Waals surface area contributed by atoms with E-state index in [2.05, 4.69) is 9.97 Å². The van der Waals surface area contributed by atoms with E-state index in [1.165, 1.54) is 18.5 Å². The summed E-state index contributed by atoms with van der Waals surface area (Å²) in [5.74, 6) is -2.26. The minimum absolute atomic E-state index is 0.00266. The molecule has 1 amide bonds. The van der Waals surface area contributed by atoms with Crippen LogP contribution in [-0.2, 0) is 16.8 Å². The third-order valence-corrected chi connectivity index (χ3v) is 8.67. The highest BCUT2D eigenvalue weighted by molar-refractivity contribution is 6.34. The first-order valence-electron chi connectivity index (χ1n) is 14.7. The molecule has 0 bridgehead atoms. The molecule has 3 aliphatic rings. The Morgan fingerprint density at radius 1 is 1.09 bits per heavy atom. The number of benzene rings is 3. The average Bonchev–Trinajstić information content (AvgIpc) is 3.67. The maximum absolute atomic E-state index is 16.6. The van der Waals surface area contributed by atoms with Crippen LogP contribution in [0.4, 0.5) is 13.6 Å². The molecule has 0 unspecified atom stereocenters. The van der Waals surface area contributed by atoms with Crippen molar-refractivity contribution in [3.8, 4) is 46.2 Å². The van der Waals surface area contributed by atoms with Crippen LogP contribution in [-0.4, -0.2) is 39.1 Å². The van der Waals surface area contributed by atoms with Crippen LogP contribution >= 0.6 is 11.6 Å². The highest BCUT2D eigenvalue weighted by Gasteiger charge is 2.54. The number of rotatable bonds is 3. The van der Waals surface area contributed by atoms with E-state index in [1.54, 1.807) is 25.7 Å². The van der Waals surface area contributed by atoms with Crippen LogP contribution < -0.4 is 14.2 Å². The summed E-state index contributed by atoms with van der Waals surface area (Å²) in [7, 11) is 0. The number of likely N-dealkylation sites (tertiary alicyclic amines) is 1. The molecule has 46 heavy (non-hydrogen) atoms. The molecule has 7 rings (SSSR count). The van der Waals surface area contributed by atoms with Crippen LogP contribution in [0.2, 0.25) is 5.02 Å². The van der Waals surface area contributed by atoms with E-state index in [0.717, 1.165) is 11.6 Å². The van der Waals surface area contributed by atoms with Gasteiger partial charge in [0.15, 0.2) is 17.2 Å². The predicted molar refractivity (Wildman–Crippen MR) is 162 cm³/mol. The number of nitrogens with zero attached hydrogens (tertiary/aromatic N) is 4. The van der Waals surface area contributed by atoms with Crippen molar-refractivity contribution in [2.45, 2.75) is 57.3 Å². The minimum Gasteiger partial charge on any atom is -0.480 e. The van der Waals surface area contributed by atoms with E-state index in [4.69, 9.17) is 30.5 Å². The van der Waals surface area contributed by atoms with Gasteiger partial charge in [0.25, 0.3) is 11.8 Å². The first kappa shape index (κ1) is 29.7. The molecule has 9 nitrogen and oxygen atoms in total. The lowest BCUT2D eigenvalue weighted by molar-refractivity contribution is -0.0216. The predicted octanol–water partition coefficient (Wildman–Crippen LogP) is 8.07. The van der Waals surface area contributed by atoms with Crippen molar-refractivity contribution in [1.82, 2.24) is 14.9 Å². The van der Waals surface area contributed by atoms with Gasteiger partial charge in [0.05, 0.1) is 16.6 Å². The molecule has 3 aromatic carbocycles. The first-order valence-corrected chi connectivity index (χ1v) is 15.1. The van der Waals surface area contributed by atoms with Gasteiger partial charge in [-0.15, -0.1) is 0 Å². The highest BCUT2D eigenvalue weighted by Crippen LogP contribution is 2.55. The van der Waals surface area contributed by atoms with E-state index in [-0.39, 0.29) is 52.1 Å². The number of hydrogen-bond donors (Lipinski definition) is 0. The Kier molecular flexibility index (Phi) is 7.01. The third kappa shape index (κ3) is 4.75. The molecule has 0 N–H and O–H groups in total. The second-order valence-electron chi connectivity index (χ2n) is 12.3. The molecule has 0 spiro atoms. The van der Waals surface area contributed by atoms with Crippen molar-refractivity contribution in [3.63, 3.8) is 0 Å². The summed E-state index contributed by atoms with van der Waals surface area (Å²) in [5, 5.41) is 9.79. The van der Waals surface area contributed by atoms with Crippen LogP contribution in [0.5, 0.6) is 29.0 Å². The summed E-state index contributed by atoms with van der Waals surface area (Å²) >= 11 is 6.64. The molecule has 1 aromatic heterocycles. The number of ether oxygens (including phenoxy) is 4. The van der Waals surface area contributed by atoms with Crippen molar-refractivity contribution < 1.29 is 32.5 Å². The van der Waals surface area contributed by atoms with Gasteiger partial charge in [-0.25, -0.2) is 23.5 Å². The fourth-order valence-corrected chi connectivity index (χ4v) is 6.74. The van der Waals surface area contributed by atoms with Crippen molar-refractivity contribution in [2.24, 2.45) is 0 Å². The molecule has 3 aliphatic heterocycles. The monoisotopic (exact) mass is 644 g/mol. The van der Waals surface area contributed by atoms with Gasteiger partial charge in [-0.1, -0.05) is 41.9 Å². The molecular formula is C34H27ClF2N4O5. The maximum Gasteiger partial charge on any atom is 0.410 e. The van der Waals surface area contributed by atoms with Crippen molar-refractivity contribution in [1.29, 1.82) is 5.26 Å². The molecule has 1 fully saturated rings. The summed E-state index contributed by atoms with van der Waals surface area (Å²) in [6, 6.07) is 13.2. The van der Waals surface area contributed by atoms with Gasteiger partial charge < -0.3 is 23.8 Å². The molecular weight excluding hydrogens is 618 g/mol. The standard InChI is InChI=1S/C34H27ClF2N4O5/c1-33(2,3)46-32(42)41-13-7-10-24(41)34(19-8-5-4-6-9-19)16-20-22(45-34)15-21(36)27(35)26(20)25-18(17-38)14-23-29(28(25)37)44-31-30(43-23)39-11-12-40-31/h4-6,8-9,11-12,14-15,24H,7,10,13,16H2,1-3H3/t24-,34-/m0/s1. The Labute approximate surface area is 268 Å². The number of aromatic nitrogens is 2. The number of amides is 1. The van der Waals surface area contributed by atoms with Gasteiger partial charge in [0.2, 0.25) is 5.75 Å². The van der Waals surface area contributed by atoms with Crippen molar-refractivity contribution in [3.05, 3.63) is 88.2 Å². The van der Waals surface area contributed by atoms with Gasteiger partial charge in [0.1, 0.15) is 23.2 Å². The Hall–Kier alpha value is -4.95. The van der Waals surface area contributed by atoms with E-state index in [9.17, 15) is 10.1 Å². The van der Waals surface area contributed by atoms with E-state index >= 15 is 8.78 Å². The number of halogens is 3. The lowest BCUT2D eigenvalue weighted by atomic mass is 9.79. The number of hydrogen-bond acceptors (Lipinski definition) is 8. The number of carbonyl (C=O) groups excluding carboxylic acids is 1. The summed E-state index contributed by atoms with van der Waals surface area (Å²) in [5.41, 5.74) is -1.35. The molecule has 4 aromatic rings. The van der Waals surface area contributed by atoms with Gasteiger partial charge in [-0.2, -0.15) is 5.26 Å². The van der Waals surface area contributed by atoms with Gasteiger partial charge in [0, 0.05) is 54.2 Å². The van der Waals surface area contributed by atoms with Crippen LogP contribution in [0.1, 0.15) is 50.3 Å². The van der Waals surface area contributed by atoms with Crippen LogP contribution in [0.15, 0.2) is 54.9 Å². The van der Waals surface area contributed by atoms with Gasteiger partial charge >= 0.3 is 6.09 Å². The summed E-state index contributed by atoms with van der Waals surface area (Å²) in [6.45, 7) is 5.81. The van der Waals surface area contributed by atoms with Crippen molar-refractivity contribution >= 4 is 17.7 Å². The van der Waals surface area contributed by atoms with E-state index in [1.807, 2.05) is 36.4 Å². The van der Waals surface area contributed by atoms with Crippen molar-refractivity contribution in [2.75, 3.05) is 6.54 Å². The van der Waals surface area contributed by atoms with Crippen LogP contribution in [0.3, 0.4) is 0 Å². The molecule has 234 valence electrons. The zero-order chi connectivity index (χ0) is 32.4. The van der Waals surface area contributed by atoms with E-state index in [0.29, 0.717) is 24.9 Å². The van der Waals surface area contributed by atoms with Crippen LogP contribution in [0.25, 0.3) is 11.1 Å². The molecule has 0 radical (unpaired) electrons. The zero-order valence-corrected chi connectivity index (χ0v) is 25.8. The second kappa shape index (κ2) is 10.8. The van der Waals surface area contributed by atoms with Crippen LogP contribution in [0, 0.1) is 23.0 Å². The average molecular weight is 645 g/mol. The first-order chi connectivity index (χ1) is 22.0. The Balaban J connectivity index is 1.40. The highest BCUT2D eigenvalue weighted by atomic mass is 35.5. The largest absolute Gasteiger partial charge is 0.480 e. The molecule has 0 aliphatic carbocycles. The molecule has 2 atom stereocenters. The summed E-state index contributed by atoms with van der Waals surface area (Å²) in [4.78, 5) is 23.2. The molecule has 0 saturated carbocycles. The number of carbonyl (C=O) groups is 1. The number of fused-ring (bicyclic) bond motifs is 3. The Morgan fingerprint density at radius 2 is 1.80 bits per heavy atom. The smallest absolute Gasteiger partial charge is 0.410 e. The Bertz CT molecular complexity index is 1950. The van der Waals surface area contributed by atoms with E-state index < -0.39 is 40.0 Å². The lowest BCUT2D eigenvalue weighted by Crippen LogP contribution is -2.53. The fraction of sp³-hybridized carbons (Fsp3) is 0.294.